The molecule has 2 heterocycles. The van der Waals surface area contributed by atoms with Crippen molar-refractivity contribution in [3.8, 4) is 5.75 Å². The van der Waals surface area contributed by atoms with Crippen molar-refractivity contribution in [2.45, 2.75) is 26.5 Å². The fourth-order valence-corrected chi connectivity index (χ4v) is 5.48. The van der Waals surface area contributed by atoms with Crippen molar-refractivity contribution < 1.29 is 19.2 Å². The second kappa shape index (κ2) is 11.5. The van der Waals surface area contributed by atoms with Gasteiger partial charge in [0, 0.05) is 12.1 Å². The quantitative estimate of drug-likeness (QED) is 0.182. The lowest BCUT2D eigenvalue weighted by Crippen LogP contribution is -2.39. The van der Waals surface area contributed by atoms with Crippen molar-refractivity contribution in [2.75, 3.05) is 6.61 Å². The number of nitro benzene ring substituents is 1. The van der Waals surface area contributed by atoms with Crippen LogP contribution in [0.2, 0.25) is 0 Å². The van der Waals surface area contributed by atoms with Crippen LogP contribution in [0, 0.1) is 10.1 Å². The van der Waals surface area contributed by atoms with E-state index in [1.807, 2.05) is 42.5 Å². The van der Waals surface area contributed by atoms with Gasteiger partial charge in [0.05, 0.1) is 33.4 Å². The second-order valence-electron chi connectivity index (χ2n) is 8.99. The molecule has 9 nitrogen and oxygen atoms in total. The van der Waals surface area contributed by atoms with E-state index >= 15 is 0 Å². The zero-order valence-corrected chi connectivity index (χ0v) is 22.6. The SMILES string of the molecule is CCOC(=O)C1=C(C)N=c2s/c(=C\c3ccc(OCc4ccc([N+](=O)[O-])cc4)cc3)c(=O)n2[C@H]1c1ccccc1. The summed E-state index contributed by atoms with van der Waals surface area (Å²) in [7, 11) is 0. The Morgan fingerprint density at radius 3 is 2.42 bits per heavy atom. The summed E-state index contributed by atoms with van der Waals surface area (Å²) in [6, 6.07) is 22.2. The number of ether oxygens (including phenoxy) is 2. The normalized spacial score (nSPS) is 14.8. The van der Waals surface area contributed by atoms with Crippen LogP contribution in [-0.4, -0.2) is 22.1 Å². The highest BCUT2D eigenvalue weighted by Gasteiger charge is 2.33. The van der Waals surface area contributed by atoms with Gasteiger partial charge in [-0.2, -0.15) is 0 Å². The summed E-state index contributed by atoms with van der Waals surface area (Å²) in [5.41, 5.74) is 3.05. The van der Waals surface area contributed by atoms with Crippen molar-refractivity contribution in [1.29, 1.82) is 0 Å². The van der Waals surface area contributed by atoms with E-state index in [4.69, 9.17) is 9.47 Å². The average Bonchev–Trinajstić information content (AvgIpc) is 3.26. The Balaban J connectivity index is 1.43. The van der Waals surface area contributed by atoms with E-state index in [2.05, 4.69) is 4.99 Å². The zero-order chi connectivity index (χ0) is 28.2. The summed E-state index contributed by atoms with van der Waals surface area (Å²) in [6.45, 7) is 3.98. The molecule has 0 aliphatic carbocycles. The van der Waals surface area contributed by atoms with Gasteiger partial charge in [0.1, 0.15) is 12.4 Å². The van der Waals surface area contributed by atoms with Gasteiger partial charge in [0.2, 0.25) is 0 Å². The molecule has 0 fully saturated rings. The van der Waals surface area contributed by atoms with Crippen molar-refractivity contribution in [1.82, 2.24) is 4.57 Å². The van der Waals surface area contributed by atoms with Crippen LogP contribution in [0.4, 0.5) is 5.69 Å². The summed E-state index contributed by atoms with van der Waals surface area (Å²) in [5, 5.41) is 10.8. The number of aromatic nitrogens is 1. The molecular formula is C30H25N3O6S. The number of carbonyl (C=O) groups excluding carboxylic acids is 1. The Bertz CT molecular complexity index is 1770. The van der Waals surface area contributed by atoms with Gasteiger partial charge >= 0.3 is 5.97 Å². The maximum atomic E-state index is 13.7. The molecule has 0 bridgehead atoms. The Hall–Kier alpha value is -4.83. The summed E-state index contributed by atoms with van der Waals surface area (Å²) in [6.07, 6.45) is 1.79. The first kappa shape index (κ1) is 26.8. The average molecular weight is 556 g/mol. The van der Waals surface area contributed by atoms with Gasteiger partial charge in [-0.1, -0.05) is 53.8 Å². The lowest BCUT2D eigenvalue weighted by molar-refractivity contribution is -0.384. The highest BCUT2D eigenvalue weighted by molar-refractivity contribution is 7.07. The summed E-state index contributed by atoms with van der Waals surface area (Å²) in [4.78, 5) is 42.1. The molecule has 10 heteroatoms. The largest absolute Gasteiger partial charge is 0.489 e. The third kappa shape index (κ3) is 5.48. The number of rotatable bonds is 8. The molecule has 40 heavy (non-hydrogen) atoms. The van der Waals surface area contributed by atoms with E-state index in [9.17, 15) is 19.7 Å². The number of hydrogen-bond acceptors (Lipinski definition) is 8. The number of esters is 1. The van der Waals surface area contributed by atoms with Gasteiger partial charge in [-0.05, 0) is 60.9 Å². The first-order chi connectivity index (χ1) is 19.4. The first-order valence-corrected chi connectivity index (χ1v) is 13.4. The van der Waals surface area contributed by atoms with E-state index in [-0.39, 0.29) is 24.5 Å². The molecule has 1 atom stereocenters. The fourth-order valence-electron chi connectivity index (χ4n) is 4.43. The minimum Gasteiger partial charge on any atom is -0.489 e. The Labute approximate surface area is 233 Å². The zero-order valence-electron chi connectivity index (χ0n) is 21.8. The highest BCUT2D eigenvalue weighted by atomic mass is 32.1. The second-order valence-corrected chi connectivity index (χ2v) is 10.0. The maximum Gasteiger partial charge on any atom is 0.338 e. The molecule has 3 aromatic carbocycles. The van der Waals surface area contributed by atoms with Gasteiger partial charge in [-0.3, -0.25) is 19.5 Å². The van der Waals surface area contributed by atoms with Crippen LogP contribution < -0.4 is 19.6 Å². The lowest BCUT2D eigenvalue weighted by Gasteiger charge is -2.24. The molecule has 202 valence electrons. The van der Waals surface area contributed by atoms with E-state index in [1.54, 1.807) is 48.8 Å². The molecule has 0 spiro atoms. The van der Waals surface area contributed by atoms with E-state index in [0.717, 1.165) is 16.7 Å². The Morgan fingerprint density at radius 1 is 1.07 bits per heavy atom. The third-order valence-corrected chi connectivity index (χ3v) is 7.35. The molecule has 0 radical (unpaired) electrons. The number of non-ortho nitro benzene ring substituents is 1. The minimum atomic E-state index is -0.645. The van der Waals surface area contributed by atoms with Crippen molar-refractivity contribution in [3.05, 3.63) is 137 Å². The number of nitro groups is 1. The number of nitrogens with zero attached hydrogens (tertiary/aromatic N) is 3. The van der Waals surface area contributed by atoms with E-state index < -0.39 is 16.9 Å². The number of fused-ring (bicyclic) bond motifs is 1. The van der Waals surface area contributed by atoms with Crippen LogP contribution in [0.25, 0.3) is 6.08 Å². The Kier molecular flexibility index (Phi) is 7.70. The Morgan fingerprint density at radius 2 is 1.77 bits per heavy atom. The number of thiazole rings is 1. The smallest absolute Gasteiger partial charge is 0.338 e. The molecule has 1 aliphatic rings. The molecule has 0 saturated heterocycles. The van der Waals surface area contributed by atoms with Crippen LogP contribution in [0.15, 0.2) is 99.9 Å². The molecule has 0 N–H and O–H groups in total. The number of carbonyl (C=O) groups is 1. The monoisotopic (exact) mass is 555 g/mol. The van der Waals surface area contributed by atoms with Crippen LogP contribution >= 0.6 is 11.3 Å². The predicted molar refractivity (Wildman–Crippen MR) is 151 cm³/mol. The van der Waals surface area contributed by atoms with Gasteiger partial charge < -0.3 is 9.47 Å². The van der Waals surface area contributed by atoms with Crippen LogP contribution in [-0.2, 0) is 16.1 Å². The van der Waals surface area contributed by atoms with Crippen molar-refractivity contribution in [2.24, 2.45) is 4.99 Å². The topological polar surface area (TPSA) is 113 Å². The first-order valence-electron chi connectivity index (χ1n) is 12.6. The highest BCUT2D eigenvalue weighted by Crippen LogP contribution is 2.30. The summed E-state index contributed by atoms with van der Waals surface area (Å²) < 4.78 is 13.2. The summed E-state index contributed by atoms with van der Waals surface area (Å²) in [5.74, 6) is 0.131. The number of benzene rings is 3. The van der Waals surface area contributed by atoms with E-state index in [1.165, 1.54) is 23.5 Å². The van der Waals surface area contributed by atoms with Gasteiger partial charge in [-0.15, -0.1) is 0 Å². The maximum absolute atomic E-state index is 13.7. The van der Waals surface area contributed by atoms with Gasteiger partial charge in [0.15, 0.2) is 4.80 Å². The molecule has 1 aliphatic heterocycles. The van der Waals surface area contributed by atoms with Crippen LogP contribution in [0.3, 0.4) is 0 Å². The molecule has 0 unspecified atom stereocenters. The number of hydrogen-bond donors (Lipinski definition) is 0. The molecule has 0 amide bonds. The summed E-state index contributed by atoms with van der Waals surface area (Å²) >= 11 is 1.26. The van der Waals surface area contributed by atoms with Crippen LogP contribution in [0.1, 0.15) is 36.6 Å². The molecule has 0 saturated carbocycles. The molecule has 5 rings (SSSR count). The molecule has 4 aromatic rings. The van der Waals surface area contributed by atoms with Gasteiger partial charge in [-0.25, -0.2) is 9.79 Å². The molecule has 1 aromatic heterocycles. The third-order valence-electron chi connectivity index (χ3n) is 6.36. The van der Waals surface area contributed by atoms with Crippen molar-refractivity contribution in [3.63, 3.8) is 0 Å². The van der Waals surface area contributed by atoms with Gasteiger partial charge in [0.25, 0.3) is 11.2 Å². The predicted octanol–water partition coefficient (Wildman–Crippen LogP) is 4.29. The van der Waals surface area contributed by atoms with Crippen LogP contribution in [0.5, 0.6) is 5.75 Å². The standard InChI is InChI=1S/C30H25N3O6S/c1-3-38-29(35)26-19(2)31-30-32(27(26)22-7-5-4-6-8-22)28(34)25(40-30)17-20-11-15-24(16-12-20)39-18-21-9-13-23(14-10-21)33(36)37/h4-17,27H,3,18H2,1-2H3/b25-17-/t27-/m0/s1. The van der Waals surface area contributed by atoms with Crippen molar-refractivity contribution >= 4 is 29.1 Å². The fraction of sp³-hybridized carbons (Fsp3) is 0.167. The van der Waals surface area contributed by atoms with E-state index in [0.29, 0.717) is 26.4 Å². The lowest BCUT2D eigenvalue weighted by atomic mass is 9.96. The molecular weight excluding hydrogens is 530 g/mol. The number of allylic oxidation sites excluding steroid dienone is 1. The minimum absolute atomic E-state index is 0.0285.